The molecule has 0 spiro atoms. The number of nitrogens with zero attached hydrogens (tertiary/aromatic N) is 3. The van der Waals surface area contributed by atoms with Crippen molar-refractivity contribution < 1.29 is 24.0 Å². The molecule has 0 saturated carbocycles. The normalized spacial score (nSPS) is 16.0. The topological polar surface area (TPSA) is 280 Å². The van der Waals surface area contributed by atoms with Gasteiger partial charge in [0.05, 0.1) is 0 Å². The first kappa shape index (κ1) is 36.6. The smallest absolute Gasteiger partial charge is 0.246 e. The fourth-order valence-electron chi connectivity index (χ4n) is 4.92. The number of carbonyl (C=O) groups is 5. The number of nitrogens with one attached hydrogen (secondary N) is 3. The lowest BCUT2D eigenvalue weighted by atomic mass is 10.0. The van der Waals surface area contributed by atoms with Crippen LogP contribution in [0, 0.1) is 0 Å². The number of nitrogens with two attached hydrogens (primary N) is 5. The minimum Gasteiger partial charge on any atom is -0.370 e. The summed E-state index contributed by atoms with van der Waals surface area (Å²) in [5, 5.41) is 8.54. The molecule has 17 heteroatoms. The molecule has 1 aromatic rings. The first-order chi connectivity index (χ1) is 21.3. The van der Waals surface area contributed by atoms with Crippen LogP contribution in [0.5, 0.6) is 0 Å². The minimum absolute atomic E-state index is 0.0811. The van der Waals surface area contributed by atoms with Crippen LogP contribution in [0.4, 0.5) is 0 Å². The number of hydrogen-bond donors (Lipinski definition) is 8. The number of primary amides is 1. The average Bonchev–Trinajstić information content (AvgIpc) is 3.46. The number of benzene rings is 1. The van der Waals surface area contributed by atoms with Crippen molar-refractivity contribution in [3.63, 3.8) is 0 Å². The molecule has 1 aromatic carbocycles. The van der Waals surface area contributed by atoms with E-state index in [1.165, 1.54) is 11.8 Å². The van der Waals surface area contributed by atoms with E-state index in [2.05, 4.69) is 25.9 Å². The molecule has 4 atom stereocenters. The quantitative estimate of drug-likeness (QED) is 0.0522. The van der Waals surface area contributed by atoms with E-state index in [1.54, 1.807) is 24.3 Å². The summed E-state index contributed by atoms with van der Waals surface area (Å²) in [5.41, 5.74) is 27.8. The lowest BCUT2D eigenvalue weighted by Crippen LogP contribution is -2.58. The Labute approximate surface area is 266 Å². The molecule has 1 aliphatic rings. The Bertz CT molecular complexity index is 1250. The molecule has 0 aliphatic carbocycles. The van der Waals surface area contributed by atoms with Gasteiger partial charge in [-0.15, -0.1) is 0 Å². The van der Waals surface area contributed by atoms with Crippen LogP contribution in [-0.2, 0) is 30.4 Å². The van der Waals surface area contributed by atoms with E-state index in [0.29, 0.717) is 42.8 Å². The highest BCUT2D eigenvalue weighted by Crippen LogP contribution is 2.20. The first-order valence-electron chi connectivity index (χ1n) is 14.6. The molecule has 1 heterocycles. The molecule has 2 rings (SSSR count). The number of rotatable bonds is 17. The fourth-order valence-corrected chi connectivity index (χ4v) is 5.04. The van der Waals surface area contributed by atoms with Crippen LogP contribution in [0.25, 0.3) is 0 Å². The van der Waals surface area contributed by atoms with Crippen molar-refractivity contribution in [2.45, 2.75) is 76.0 Å². The maximum absolute atomic E-state index is 13.7. The van der Waals surface area contributed by atoms with Crippen LogP contribution < -0.4 is 44.6 Å². The molecule has 248 valence electrons. The Morgan fingerprint density at radius 2 is 1.36 bits per heavy atom. The molecule has 45 heavy (non-hydrogen) atoms. The summed E-state index contributed by atoms with van der Waals surface area (Å²) in [6, 6.07) is 2.74. The summed E-state index contributed by atoms with van der Waals surface area (Å²) in [6.07, 6.45) is 2.04. The average molecular weight is 650 g/mol. The molecule has 1 fully saturated rings. The van der Waals surface area contributed by atoms with E-state index < -0.39 is 53.7 Å². The molecule has 5 amide bonds. The van der Waals surface area contributed by atoms with Gasteiger partial charge < -0.3 is 49.5 Å². The summed E-state index contributed by atoms with van der Waals surface area (Å²) in [5.74, 6) is -3.08. The number of guanidine groups is 2. The second-order valence-corrected chi connectivity index (χ2v) is 11.1. The maximum atomic E-state index is 13.7. The van der Waals surface area contributed by atoms with Crippen molar-refractivity contribution in [3.05, 3.63) is 34.9 Å². The highest BCUT2D eigenvalue weighted by Gasteiger charge is 2.37. The SMILES string of the molecule is CC(=O)N[C@@H](CCCN=C(N)N)C(=O)N[C@@H](CCCN=C(N)N)C(=O)N[C@H](Cc1ccc(Cl)cc1)C(=O)N1CCC[C@@H]1C(N)=O. The molecule has 1 aliphatic heterocycles. The first-order valence-corrected chi connectivity index (χ1v) is 15.0. The standard InChI is InChI=1S/C28H44ClN11O5/c1-16(41)37-19(5-2-12-35-27(31)32)24(43)38-20(6-3-13-36-28(33)34)25(44)39-21(15-17-8-10-18(29)11-9-17)26(45)40-14-4-7-22(40)23(30)42/h8-11,19-22H,2-7,12-15H2,1H3,(H2,30,42)(H,37,41)(H,38,43)(H,39,44)(H4,31,32,35)(H4,33,34,36)/t19-,20-,21+,22+/m0/s1. The van der Waals surface area contributed by atoms with E-state index in [1.807, 2.05) is 0 Å². The van der Waals surface area contributed by atoms with Crippen LogP contribution >= 0.6 is 11.6 Å². The zero-order valence-electron chi connectivity index (χ0n) is 25.3. The van der Waals surface area contributed by atoms with Gasteiger partial charge in [0.1, 0.15) is 24.2 Å². The number of amides is 5. The Morgan fingerprint density at radius 1 is 0.844 bits per heavy atom. The van der Waals surface area contributed by atoms with Crippen LogP contribution in [0.3, 0.4) is 0 Å². The van der Waals surface area contributed by atoms with Crippen molar-refractivity contribution >= 4 is 53.1 Å². The maximum Gasteiger partial charge on any atom is 0.246 e. The van der Waals surface area contributed by atoms with Crippen LogP contribution in [0.1, 0.15) is 51.0 Å². The number of halogens is 1. The Balaban J connectivity index is 2.31. The third-order valence-electron chi connectivity index (χ3n) is 7.05. The molecule has 0 aromatic heterocycles. The van der Waals surface area contributed by atoms with Crippen LogP contribution in [0.2, 0.25) is 5.02 Å². The van der Waals surface area contributed by atoms with Gasteiger partial charge in [0, 0.05) is 38.0 Å². The Hall–Kier alpha value is -4.60. The van der Waals surface area contributed by atoms with Gasteiger partial charge in [0.15, 0.2) is 11.9 Å². The third kappa shape index (κ3) is 12.9. The third-order valence-corrected chi connectivity index (χ3v) is 7.30. The van der Waals surface area contributed by atoms with Gasteiger partial charge in [-0.05, 0) is 56.2 Å². The van der Waals surface area contributed by atoms with Gasteiger partial charge in [-0.1, -0.05) is 23.7 Å². The van der Waals surface area contributed by atoms with Gasteiger partial charge in [0.25, 0.3) is 0 Å². The van der Waals surface area contributed by atoms with E-state index >= 15 is 0 Å². The molecule has 0 radical (unpaired) electrons. The Morgan fingerprint density at radius 3 is 1.84 bits per heavy atom. The largest absolute Gasteiger partial charge is 0.370 e. The van der Waals surface area contributed by atoms with E-state index in [4.69, 9.17) is 40.3 Å². The van der Waals surface area contributed by atoms with Crippen LogP contribution in [-0.4, -0.2) is 90.2 Å². The second kappa shape index (κ2) is 18.3. The molecule has 13 N–H and O–H groups in total. The molecule has 16 nitrogen and oxygen atoms in total. The molecular formula is C28H44ClN11O5. The summed E-state index contributed by atoms with van der Waals surface area (Å²) in [4.78, 5) is 73.9. The van der Waals surface area contributed by atoms with Gasteiger partial charge in [0.2, 0.25) is 29.5 Å². The van der Waals surface area contributed by atoms with E-state index in [9.17, 15) is 24.0 Å². The summed E-state index contributed by atoms with van der Waals surface area (Å²) in [6.45, 7) is 1.97. The van der Waals surface area contributed by atoms with Crippen molar-refractivity contribution in [3.8, 4) is 0 Å². The van der Waals surface area contributed by atoms with Gasteiger partial charge in [-0.25, -0.2) is 0 Å². The highest BCUT2D eigenvalue weighted by molar-refractivity contribution is 6.30. The van der Waals surface area contributed by atoms with Crippen molar-refractivity contribution in [1.82, 2.24) is 20.9 Å². The van der Waals surface area contributed by atoms with Gasteiger partial charge >= 0.3 is 0 Å². The summed E-state index contributed by atoms with van der Waals surface area (Å²) in [7, 11) is 0. The molecular weight excluding hydrogens is 606 g/mol. The lowest BCUT2D eigenvalue weighted by Gasteiger charge is -2.29. The summed E-state index contributed by atoms with van der Waals surface area (Å²) >= 11 is 6.03. The highest BCUT2D eigenvalue weighted by atomic mass is 35.5. The summed E-state index contributed by atoms with van der Waals surface area (Å²) < 4.78 is 0. The predicted octanol–water partition coefficient (Wildman–Crippen LogP) is -2.06. The second-order valence-electron chi connectivity index (χ2n) is 10.7. The number of carbonyl (C=O) groups excluding carboxylic acids is 5. The zero-order valence-corrected chi connectivity index (χ0v) is 26.1. The molecule has 0 bridgehead atoms. The van der Waals surface area contributed by atoms with Gasteiger partial charge in [-0.3, -0.25) is 34.0 Å². The minimum atomic E-state index is -1.13. The van der Waals surface area contributed by atoms with Gasteiger partial charge in [-0.2, -0.15) is 0 Å². The van der Waals surface area contributed by atoms with E-state index in [0.717, 1.165) is 0 Å². The number of aliphatic imine (C=N–C) groups is 2. The van der Waals surface area contributed by atoms with Crippen molar-refractivity contribution in [1.29, 1.82) is 0 Å². The molecule has 0 unspecified atom stereocenters. The zero-order chi connectivity index (χ0) is 33.5. The molecule has 1 saturated heterocycles. The predicted molar refractivity (Wildman–Crippen MR) is 170 cm³/mol. The Kier molecular flexibility index (Phi) is 14.9. The van der Waals surface area contributed by atoms with E-state index in [-0.39, 0.29) is 44.3 Å². The number of likely N-dealkylation sites (tertiary alicyclic amines) is 1. The van der Waals surface area contributed by atoms with Crippen molar-refractivity contribution in [2.75, 3.05) is 19.6 Å². The number of hydrogen-bond acceptors (Lipinski definition) is 7. The van der Waals surface area contributed by atoms with Crippen molar-refractivity contribution in [2.24, 2.45) is 38.7 Å². The lowest BCUT2D eigenvalue weighted by molar-refractivity contribution is -0.141. The van der Waals surface area contributed by atoms with Crippen LogP contribution in [0.15, 0.2) is 34.3 Å². The monoisotopic (exact) mass is 649 g/mol. The fraction of sp³-hybridized carbons (Fsp3) is 0.536.